The average molecular weight is 214 g/mol. The largest absolute Gasteiger partial charge is 0.444 e. The summed E-state index contributed by atoms with van der Waals surface area (Å²) in [5, 5.41) is 5.25. The minimum atomic E-state index is -0.541. The van der Waals surface area contributed by atoms with Crippen LogP contribution in [0.3, 0.4) is 0 Å². The second-order valence-electron chi connectivity index (χ2n) is 4.65. The Hall–Kier alpha value is -1.26. The summed E-state index contributed by atoms with van der Waals surface area (Å²) in [6.07, 6.45) is 0.257. The van der Waals surface area contributed by atoms with Crippen molar-refractivity contribution in [3.63, 3.8) is 0 Å². The van der Waals surface area contributed by atoms with E-state index in [1.807, 2.05) is 6.92 Å². The van der Waals surface area contributed by atoms with Crippen LogP contribution < -0.4 is 10.6 Å². The zero-order chi connectivity index (χ0) is 11.6. The number of carbonyl (C=O) groups excluding carboxylic acids is 2. The van der Waals surface area contributed by atoms with Gasteiger partial charge in [0.1, 0.15) is 11.6 Å². The van der Waals surface area contributed by atoms with Gasteiger partial charge in [-0.25, -0.2) is 4.79 Å². The second kappa shape index (κ2) is 4.08. The summed E-state index contributed by atoms with van der Waals surface area (Å²) in [5.74, 6) is -0.146. The predicted octanol–water partition coefficient (Wildman–Crippen LogP) is 0.788. The van der Waals surface area contributed by atoms with Crippen LogP contribution in [0.2, 0.25) is 0 Å². The highest BCUT2D eigenvalue weighted by Gasteiger charge is 2.39. The second-order valence-corrected chi connectivity index (χ2v) is 4.65. The summed E-state index contributed by atoms with van der Waals surface area (Å²) >= 11 is 0. The first-order valence-corrected chi connectivity index (χ1v) is 5.13. The molecule has 1 aliphatic rings. The summed E-state index contributed by atoms with van der Waals surface area (Å²) in [4.78, 5) is 22.5. The number of carbonyl (C=O) groups is 2. The van der Waals surface area contributed by atoms with Crippen LogP contribution in [0.4, 0.5) is 4.79 Å². The SMILES string of the molecule is CC[C@@H]1NC(=O)[C@H]1NC(=O)OC(C)(C)C. The van der Waals surface area contributed by atoms with Gasteiger partial charge in [-0.15, -0.1) is 0 Å². The number of rotatable bonds is 2. The molecule has 0 bridgehead atoms. The maximum atomic E-state index is 11.4. The molecule has 0 spiro atoms. The van der Waals surface area contributed by atoms with Crippen molar-refractivity contribution in [2.45, 2.75) is 51.8 Å². The van der Waals surface area contributed by atoms with Gasteiger partial charge in [-0.05, 0) is 27.2 Å². The molecule has 1 heterocycles. The van der Waals surface area contributed by atoms with Crippen molar-refractivity contribution in [3.05, 3.63) is 0 Å². The molecule has 0 radical (unpaired) electrons. The Bertz CT molecular complexity index is 270. The molecule has 0 aromatic heterocycles. The van der Waals surface area contributed by atoms with Gasteiger partial charge in [-0.2, -0.15) is 0 Å². The third-order valence-corrected chi connectivity index (χ3v) is 2.12. The lowest BCUT2D eigenvalue weighted by atomic mass is 9.97. The normalized spacial score (nSPS) is 25.2. The quantitative estimate of drug-likeness (QED) is 0.668. The number of β-lactam (4-membered cyclic amide) rings is 1. The molecule has 1 aliphatic heterocycles. The van der Waals surface area contributed by atoms with Crippen LogP contribution in [-0.4, -0.2) is 29.7 Å². The molecule has 1 saturated heterocycles. The van der Waals surface area contributed by atoms with E-state index < -0.39 is 17.7 Å². The zero-order valence-corrected chi connectivity index (χ0v) is 9.59. The number of alkyl carbamates (subject to hydrolysis) is 1. The van der Waals surface area contributed by atoms with Crippen LogP contribution in [0.25, 0.3) is 0 Å². The van der Waals surface area contributed by atoms with Crippen LogP contribution in [0, 0.1) is 0 Å². The molecular formula is C10H18N2O3. The molecule has 0 aromatic carbocycles. The van der Waals surface area contributed by atoms with Crippen molar-refractivity contribution in [1.29, 1.82) is 0 Å². The summed E-state index contributed by atoms with van der Waals surface area (Å²) in [6.45, 7) is 7.30. The third kappa shape index (κ3) is 3.11. The molecule has 2 amide bonds. The molecule has 0 aliphatic carbocycles. The molecule has 5 heteroatoms. The topological polar surface area (TPSA) is 67.4 Å². The van der Waals surface area contributed by atoms with Gasteiger partial charge in [0.05, 0.1) is 6.04 Å². The van der Waals surface area contributed by atoms with E-state index in [-0.39, 0.29) is 11.9 Å². The van der Waals surface area contributed by atoms with Crippen LogP contribution >= 0.6 is 0 Å². The van der Waals surface area contributed by atoms with Crippen molar-refractivity contribution in [1.82, 2.24) is 10.6 Å². The van der Waals surface area contributed by atoms with E-state index in [1.165, 1.54) is 0 Å². The lowest BCUT2D eigenvalue weighted by Crippen LogP contribution is -2.69. The first kappa shape index (κ1) is 11.8. The number of ether oxygens (including phenoxy) is 1. The lowest BCUT2D eigenvalue weighted by molar-refractivity contribution is -0.131. The van der Waals surface area contributed by atoms with Gasteiger partial charge in [0, 0.05) is 0 Å². The van der Waals surface area contributed by atoms with Crippen LogP contribution in [-0.2, 0) is 9.53 Å². The highest BCUT2D eigenvalue weighted by Crippen LogP contribution is 2.12. The summed E-state index contributed by atoms with van der Waals surface area (Å²) in [5.41, 5.74) is -0.536. The summed E-state index contributed by atoms with van der Waals surface area (Å²) < 4.78 is 5.06. The molecule has 2 N–H and O–H groups in total. The molecule has 2 atom stereocenters. The number of nitrogens with one attached hydrogen (secondary N) is 2. The first-order valence-electron chi connectivity index (χ1n) is 5.13. The molecule has 5 nitrogen and oxygen atoms in total. The highest BCUT2D eigenvalue weighted by molar-refractivity contribution is 5.92. The Morgan fingerprint density at radius 1 is 1.53 bits per heavy atom. The van der Waals surface area contributed by atoms with Gasteiger partial charge < -0.3 is 15.4 Å². The number of hydrogen-bond donors (Lipinski definition) is 2. The van der Waals surface area contributed by atoms with Gasteiger partial charge in [0.25, 0.3) is 0 Å². The number of amides is 2. The fourth-order valence-electron chi connectivity index (χ4n) is 1.38. The molecule has 1 fully saturated rings. The van der Waals surface area contributed by atoms with E-state index >= 15 is 0 Å². The Morgan fingerprint density at radius 2 is 2.13 bits per heavy atom. The van der Waals surface area contributed by atoms with E-state index in [0.717, 1.165) is 6.42 Å². The fourth-order valence-corrected chi connectivity index (χ4v) is 1.38. The summed E-state index contributed by atoms with van der Waals surface area (Å²) in [7, 11) is 0. The van der Waals surface area contributed by atoms with Crippen LogP contribution in [0.5, 0.6) is 0 Å². The Labute approximate surface area is 89.6 Å². The highest BCUT2D eigenvalue weighted by atomic mass is 16.6. The first-order chi connectivity index (χ1) is 6.83. The lowest BCUT2D eigenvalue weighted by Gasteiger charge is -2.36. The minimum Gasteiger partial charge on any atom is -0.444 e. The Kier molecular flexibility index (Phi) is 3.21. The van der Waals surface area contributed by atoms with Crippen molar-refractivity contribution >= 4 is 12.0 Å². The van der Waals surface area contributed by atoms with Gasteiger partial charge in [-0.3, -0.25) is 4.79 Å². The maximum Gasteiger partial charge on any atom is 0.408 e. The van der Waals surface area contributed by atoms with E-state index in [0.29, 0.717) is 0 Å². The monoisotopic (exact) mass is 214 g/mol. The molecule has 86 valence electrons. The van der Waals surface area contributed by atoms with E-state index in [4.69, 9.17) is 4.74 Å². The van der Waals surface area contributed by atoms with Gasteiger partial charge in [0.2, 0.25) is 5.91 Å². The van der Waals surface area contributed by atoms with Gasteiger partial charge in [-0.1, -0.05) is 6.92 Å². The fraction of sp³-hybridized carbons (Fsp3) is 0.800. The Balaban J connectivity index is 2.41. The molecule has 0 aromatic rings. The van der Waals surface area contributed by atoms with Gasteiger partial charge >= 0.3 is 6.09 Å². The third-order valence-electron chi connectivity index (χ3n) is 2.12. The van der Waals surface area contributed by atoms with Crippen molar-refractivity contribution in [2.75, 3.05) is 0 Å². The van der Waals surface area contributed by atoms with E-state index in [2.05, 4.69) is 10.6 Å². The molecule has 15 heavy (non-hydrogen) atoms. The van der Waals surface area contributed by atoms with Crippen molar-refractivity contribution in [3.8, 4) is 0 Å². The standard InChI is InChI=1S/C10H18N2O3/c1-5-6-7(8(13)11-6)12-9(14)15-10(2,3)4/h6-7H,5H2,1-4H3,(H,11,13)(H,12,14)/t6-,7-/m0/s1. The molecule has 0 unspecified atom stereocenters. The van der Waals surface area contributed by atoms with E-state index in [1.54, 1.807) is 20.8 Å². The number of hydrogen-bond acceptors (Lipinski definition) is 3. The van der Waals surface area contributed by atoms with Gasteiger partial charge in [0.15, 0.2) is 0 Å². The molecule has 0 saturated carbocycles. The summed E-state index contributed by atoms with van der Waals surface area (Å²) in [6, 6.07) is -0.408. The molecular weight excluding hydrogens is 196 g/mol. The van der Waals surface area contributed by atoms with E-state index in [9.17, 15) is 9.59 Å². The van der Waals surface area contributed by atoms with Crippen molar-refractivity contribution in [2.24, 2.45) is 0 Å². The van der Waals surface area contributed by atoms with Crippen LogP contribution in [0.15, 0.2) is 0 Å². The maximum absolute atomic E-state index is 11.4. The zero-order valence-electron chi connectivity index (χ0n) is 9.59. The van der Waals surface area contributed by atoms with Crippen molar-refractivity contribution < 1.29 is 14.3 Å². The minimum absolute atomic E-state index is 0.0324. The average Bonchev–Trinajstić information content (AvgIpc) is 2.07. The smallest absolute Gasteiger partial charge is 0.408 e. The predicted molar refractivity (Wildman–Crippen MR) is 55.4 cm³/mol. The molecule has 1 rings (SSSR count). The van der Waals surface area contributed by atoms with Crippen LogP contribution in [0.1, 0.15) is 34.1 Å². The Morgan fingerprint density at radius 3 is 2.53 bits per heavy atom.